The normalized spacial score (nSPS) is 17.8. The van der Waals surface area contributed by atoms with Gasteiger partial charge in [0.25, 0.3) is 5.91 Å². The minimum absolute atomic E-state index is 0.118. The molecule has 1 heterocycles. The van der Waals surface area contributed by atoms with Gasteiger partial charge in [-0.25, -0.2) is 0 Å². The van der Waals surface area contributed by atoms with E-state index < -0.39 is 0 Å². The molecule has 1 aliphatic rings. The molecule has 26 heavy (non-hydrogen) atoms. The van der Waals surface area contributed by atoms with E-state index >= 15 is 0 Å². The quantitative estimate of drug-likeness (QED) is 0.749. The Morgan fingerprint density at radius 2 is 2.00 bits per heavy atom. The molecule has 0 aliphatic carbocycles. The Bertz CT molecular complexity index is 740. The van der Waals surface area contributed by atoms with Crippen molar-refractivity contribution in [2.24, 2.45) is 0 Å². The summed E-state index contributed by atoms with van der Waals surface area (Å²) in [7, 11) is 0. The Morgan fingerprint density at radius 1 is 1.19 bits per heavy atom. The van der Waals surface area contributed by atoms with Crippen LogP contribution >= 0.6 is 23.2 Å². The van der Waals surface area contributed by atoms with E-state index in [2.05, 4.69) is 22.3 Å². The van der Waals surface area contributed by atoms with Crippen LogP contribution in [0.5, 0.6) is 0 Å². The monoisotopic (exact) mass is 392 g/mol. The Balaban J connectivity index is 1.42. The SMILES string of the molecule is O=C(NCCCN1CCO[C@@H](c2ccccc2)C1)c1ccc(Cl)cc1Cl. The molecular weight excluding hydrogens is 371 g/mol. The highest BCUT2D eigenvalue weighted by molar-refractivity contribution is 6.36. The Labute approximate surface area is 164 Å². The average Bonchev–Trinajstić information content (AvgIpc) is 2.66. The fraction of sp³-hybridized carbons (Fsp3) is 0.350. The summed E-state index contributed by atoms with van der Waals surface area (Å²) in [4.78, 5) is 14.6. The van der Waals surface area contributed by atoms with Gasteiger partial charge in [0, 0.05) is 31.2 Å². The van der Waals surface area contributed by atoms with Gasteiger partial charge in [0.05, 0.1) is 23.3 Å². The fourth-order valence-corrected chi connectivity index (χ4v) is 3.54. The Kier molecular flexibility index (Phi) is 6.92. The standard InChI is InChI=1S/C20H22Cl2N2O2/c21-16-7-8-17(18(22)13-16)20(25)23-9-4-10-24-11-12-26-19(14-24)15-5-2-1-3-6-15/h1-3,5-8,13,19H,4,9-12,14H2,(H,23,25)/t19-/m1/s1. The first-order chi connectivity index (χ1) is 12.6. The summed E-state index contributed by atoms with van der Waals surface area (Å²) in [6.45, 7) is 4.04. The summed E-state index contributed by atoms with van der Waals surface area (Å²) in [5.41, 5.74) is 1.66. The molecule has 1 atom stereocenters. The first-order valence-electron chi connectivity index (χ1n) is 8.75. The molecule has 6 heteroatoms. The van der Waals surface area contributed by atoms with E-state index in [0.29, 0.717) is 22.2 Å². The summed E-state index contributed by atoms with van der Waals surface area (Å²) in [5, 5.41) is 3.81. The van der Waals surface area contributed by atoms with Gasteiger partial charge in [-0.3, -0.25) is 9.69 Å². The third-order valence-electron chi connectivity index (χ3n) is 4.43. The van der Waals surface area contributed by atoms with Gasteiger partial charge >= 0.3 is 0 Å². The van der Waals surface area contributed by atoms with Gasteiger partial charge in [0.1, 0.15) is 0 Å². The highest BCUT2D eigenvalue weighted by Gasteiger charge is 2.21. The third kappa shape index (κ3) is 5.21. The van der Waals surface area contributed by atoms with Gasteiger partial charge < -0.3 is 10.1 Å². The lowest BCUT2D eigenvalue weighted by Gasteiger charge is -2.33. The van der Waals surface area contributed by atoms with Gasteiger partial charge in [-0.15, -0.1) is 0 Å². The number of carbonyl (C=O) groups is 1. The van der Waals surface area contributed by atoms with E-state index in [1.807, 2.05) is 18.2 Å². The van der Waals surface area contributed by atoms with Crippen molar-refractivity contribution >= 4 is 29.1 Å². The molecular formula is C20H22Cl2N2O2. The molecule has 0 bridgehead atoms. The molecule has 1 aliphatic heterocycles. The molecule has 0 radical (unpaired) electrons. The van der Waals surface area contributed by atoms with Crippen LogP contribution in [0.4, 0.5) is 0 Å². The summed E-state index contributed by atoms with van der Waals surface area (Å²) < 4.78 is 5.88. The fourth-order valence-electron chi connectivity index (χ4n) is 3.05. The zero-order chi connectivity index (χ0) is 18.4. The number of hydrogen-bond donors (Lipinski definition) is 1. The van der Waals surface area contributed by atoms with Gasteiger partial charge in [-0.05, 0) is 30.2 Å². The third-order valence-corrected chi connectivity index (χ3v) is 4.98. The minimum Gasteiger partial charge on any atom is -0.371 e. The first-order valence-corrected chi connectivity index (χ1v) is 9.51. The second kappa shape index (κ2) is 9.38. The largest absolute Gasteiger partial charge is 0.371 e. The lowest BCUT2D eigenvalue weighted by atomic mass is 10.1. The molecule has 3 rings (SSSR count). The number of benzene rings is 2. The van der Waals surface area contributed by atoms with Crippen molar-refractivity contribution in [3.8, 4) is 0 Å². The number of amides is 1. The topological polar surface area (TPSA) is 41.6 Å². The molecule has 1 N–H and O–H groups in total. The van der Waals surface area contributed by atoms with Crippen LogP contribution in [-0.2, 0) is 4.74 Å². The van der Waals surface area contributed by atoms with Crippen molar-refractivity contribution < 1.29 is 9.53 Å². The molecule has 0 spiro atoms. The molecule has 4 nitrogen and oxygen atoms in total. The lowest BCUT2D eigenvalue weighted by molar-refractivity contribution is -0.0301. The maximum Gasteiger partial charge on any atom is 0.252 e. The minimum atomic E-state index is -0.171. The van der Waals surface area contributed by atoms with Crippen molar-refractivity contribution in [2.45, 2.75) is 12.5 Å². The molecule has 0 saturated carbocycles. The van der Waals surface area contributed by atoms with Crippen molar-refractivity contribution in [1.29, 1.82) is 0 Å². The molecule has 0 aromatic heterocycles. The highest BCUT2D eigenvalue weighted by atomic mass is 35.5. The second-order valence-corrected chi connectivity index (χ2v) is 7.15. The van der Waals surface area contributed by atoms with Gasteiger partial charge in [0.2, 0.25) is 0 Å². The average molecular weight is 393 g/mol. The first kappa shape index (κ1) is 19.2. The summed E-state index contributed by atoms with van der Waals surface area (Å²) >= 11 is 11.9. The molecule has 0 unspecified atom stereocenters. The zero-order valence-electron chi connectivity index (χ0n) is 14.5. The lowest BCUT2D eigenvalue weighted by Crippen LogP contribution is -2.39. The number of ether oxygens (including phenoxy) is 1. The van der Waals surface area contributed by atoms with Crippen LogP contribution in [0.25, 0.3) is 0 Å². The number of halogens is 2. The number of carbonyl (C=O) groups excluding carboxylic acids is 1. The van der Waals surface area contributed by atoms with Crippen LogP contribution in [0.1, 0.15) is 28.4 Å². The maximum atomic E-state index is 12.2. The smallest absolute Gasteiger partial charge is 0.252 e. The number of hydrogen-bond acceptors (Lipinski definition) is 3. The number of nitrogens with zero attached hydrogens (tertiary/aromatic N) is 1. The number of nitrogens with one attached hydrogen (secondary N) is 1. The maximum absolute atomic E-state index is 12.2. The van der Waals surface area contributed by atoms with Crippen LogP contribution in [0, 0.1) is 0 Å². The van der Waals surface area contributed by atoms with Crippen molar-refractivity contribution in [2.75, 3.05) is 32.8 Å². The van der Waals surface area contributed by atoms with Crippen LogP contribution in [-0.4, -0.2) is 43.6 Å². The molecule has 1 amide bonds. The van der Waals surface area contributed by atoms with Gasteiger partial charge in [-0.1, -0.05) is 53.5 Å². The van der Waals surface area contributed by atoms with E-state index in [-0.39, 0.29) is 12.0 Å². The highest BCUT2D eigenvalue weighted by Crippen LogP contribution is 2.22. The van der Waals surface area contributed by atoms with E-state index in [9.17, 15) is 4.79 Å². The van der Waals surface area contributed by atoms with E-state index in [1.165, 1.54) is 5.56 Å². The van der Waals surface area contributed by atoms with Crippen LogP contribution in [0.2, 0.25) is 10.0 Å². The van der Waals surface area contributed by atoms with Crippen LogP contribution in [0.3, 0.4) is 0 Å². The van der Waals surface area contributed by atoms with Crippen LogP contribution < -0.4 is 5.32 Å². The van der Waals surface area contributed by atoms with E-state index in [0.717, 1.165) is 32.7 Å². The molecule has 2 aromatic rings. The summed E-state index contributed by atoms with van der Waals surface area (Å²) in [6, 6.07) is 15.2. The number of morpholine rings is 1. The number of rotatable bonds is 6. The predicted octanol–water partition coefficient (Wildman–Crippen LogP) is 4.19. The predicted molar refractivity (Wildman–Crippen MR) is 105 cm³/mol. The Hall–Kier alpha value is -1.59. The van der Waals surface area contributed by atoms with E-state index in [1.54, 1.807) is 18.2 Å². The van der Waals surface area contributed by atoms with Gasteiger partial charge in [-0.2, -0.15) is 0 Å². The second-order valence-electron chi connectivity index (χ2n) is 6.30. The van der Waals surface area contributed by atoms with Crippen molar-refractivity contribution in [3.63, 3.8) is 0 Å². The van der Waals surface area contributed by atoms with Crippen molar-refractivity contribution in [1.82, 2.24) is 10.2 Å². The molecule has 1 fully saturated rings. The zero-order valence-corrected chi connectivity index (χ0v) is 16.0. The van der Waals surface area contributed by atoms with Gasteiger partial charge in [0.15, 0.2) is 0 Å². The molecule has 138 valence electrons. The Morgan fingerprint density at radius 3 is 2.77 bits per heavy atom. The van der Waals surface area contributed by atoms with Crippen molar-refractivity contribution in [3.05, 3.63) is 69.7 Å². The van der Waals surface area contributed by atoms with E-state index in [4.69, 9.17) is 27.9 Å². The summed E-state index contributed by atoms with van der Waals surface area (Å²) in [5.74, 6) is -0.171. The van der Waals surface area contributed by atoms with Crippen LogP contribution in [0.15, 0.2) is 48.5 Å². The molecule has 1 saturated heterocycles. The molecule has 2 aromatic carbocycles. The summed E-state index contributed by atoms with van der Waals surface area (Å²) in [6.07, 6.45) is 0.991.